The Labute approximate surface area is 147 Å². The van der Waals surface area contributed by atoms with Crippen LogP contribution in [-0.2, 0) is 4.79 Å². The van der Waals surface area contributed by atoms with Gasteiger partial charge in [-0.3, -0.25) is 9.79 Å². The molecule has 0 radical (unpaired) electrons. The number of amides is 1. The summed E-state index contributed by atoms with van der Waals surface area (Å²) >= 11 is 0. The SMILES string of the molecule is NC(=NCC1CC(=O)N(C2CC2)C1)N1CCN(c2ncccn2)CC1. The van der Waals surface area contributed by atoms with Gasteiger partial charge in [0.2, 0.25) is 11.9 Å². The Bertz CT molecular complexity index is 638. The van der Waals surface area contributed by atoms with Crippen molar-refractivity contribution in [1.82, 2.24) is 19.8 Å². The largest absolute Gasteiger partial charge is 0.370 e. The molecule has 4 rings (SSSR count). The number of aliphatic imine (C=N–C) groups is 1. The number of likely N-dealkylation sites (tertiary alicyclic amines) is 1. The number of carbonyl (C=O) groups is 1. The standard InChI is InChI=1S/C17H25N7O/c18-16(21-11-13-10-15(25)24(12-13)14-2-3-14)22-6-8-23(9-7-22)17-19-4-1-5-20-17/h1,4-5,13-14H,2-3,6-12H2,(H2,18,21). The summed E-state index contributed by atoms with van der Waals surface area (Å²) in [7, 11) is 0. The van der Waals surface area contributed by atoms with Gasteiger partial charge >= 0.3 is 0 Å². The number of anilines is 1. The molecule has 3 heterocycles. The number of hydrogen-bond donors (Lipinski definition) is 1. The van der Waals surface area contributed by atoms with Gasteiger partial charge in [-0.2, -0.15) is 0 Å². The molecule has 1 saturated carbocycles. The van der Waals surface area contributed by atoms with E-state index in [1.165, 1.54) is 12.8 Å². The summed E-state index contributed by atoms with van der Waals surface area (Å²) in [5.74, 6) is 1.96. The van der Waals surface area contributed by atoms with Crippen molar-refractivity contribution in [2.24, 2.45) is 16.6 Å². The zero-order valence-electron chi connectivity index (χ0n) is 14.4. The molecule has 2 N–H and O–H groups in total. The lowest BCUT2D eigenvalue weighted by Crippen LogP contribution is -2.51. The van der Waals surface area contributed by atoms with E-state index in [0.29, 0.717) is 30.9 Å². The van der Waals surface area contributed by atoms with Crippen molar-refractivity contribution in [2.75, 3.05) is 44.2 Å². The van der Waals surface area contributed by atoms with Crippen LogP contribution in [0.2, 0.25) is 0 Å². The van der Waals surface area contributed by atoms with Crippen molar-refractivity contribution in [3.05, 3.63) is 18.5 Å². The van der Waals surface area contributed by atoms with E-state index in [2.05, 4.69) is 24.8 Å². The van der Waals surface area contributed by atoms with E-state index in [1.807, 2.05) is 11.0 Å². The highest BCUT2D eigenvalue weighted by molar-refractivity contribution is 5.80. The van der Waals surface area contributed by atoms with Crippen LogP contribution in [0.25, 0.3) is 0 Å². The van der Waals surface area contributed by atoms with Crippen LogP contribution in [0.3, 0.4) is 0 Å². The molecular weight excluding hydrogens is 318 g/mol. The minimum atomic E-state index is 0.290. The Morgan fingerprint density at radius 3 is 2.60 bits per heavy atom. The second-order valence-electron chi connectivity index (χ2n) is 7.07. The lowest BCUT2D eigenvalue weighted by molar-refractivity contribution is -0.128. The van der Waals surface area contributed by atoms with Crippen molar-refractivity contribution in [3.63, 3.8) is 0 Å². The van der Waals surface area contributed by atoms with E-state index >= 15 is 0 Å². The van der Waals surface area contributed by atoms with Crippen molar-refractivity contribution in [1.29, 1.82) is 0 Å². The molecule has 8 nitrogen and oxygen atoms in total. The lowest BCUT2D eigenvalue weighted by atomic mass is 10.1. The van der Waals surface area contributed by atoms with Gasteiger partial charge in [-0.15, -0.1) is 0 Å². The predicted octanol–water partition coefficient (Wildman–Crippen LogP) is -0.0758. The molecule has 1 amide bonds. The van der Waals surface area contributed by atoms with Crippen LogP contribution < -0.4 is 10.6 Å². The van der Waals surface area contributed by atoms with Gasteiger partial charge in [0.1, 0.15) is 0 Å². The molecular formula is C17H25N7O. The topological polar surface area (TPSA) is 91.0 Å². The minimum absolute atomic E-state index is 0.290. The highest BCUT2D eigenvalue weighted by Crippen LogP contribution is 2.32. The summed E-state index contributed by atoms with van der Waals surface area (Å²) in [6, 6.07) is 2.33. The van der Waals surface area contributed by atoms with Crippen LogP contribution in [0, 0.1) is 5.92 Å². The van der Waals surface area contributed by atoms with Gasteiger partial charge in [0.25, 0.3) is 0 Å². The molecule has 134 valence electrons. The van der Waals surface area contributed by atoms with Gasteiger partial charge < -0.3 is 20.4 Å². The summed E-state index contributed by atoms with van der Waals surface area (Å²) in [5.41, 5.74) is 6.18. The first-order valence-electron chi connectivity index (χ1n) is 9.07. The maximum Gasteiger partial charge on any atom is 0.225 e. The molecule has 8 heteroatoms. The average molecular weight is 343 g/mol. The number of nitrogens with two attached hydrogens (primary N) is 1. The van der Waals surface area contributed by atoms with Gasteiger partial charge in [-0.05, 0) is 18.9 Å². The zero-order chi connectivity index (χ0) is 17.2. The monoisotopic (exact) mass is 343 g/mol. The summed E-state index contributed by atoms with van der Waals surface area (Å²) < 4.78 is 0. The number of nitrogens with zero attached hydrogens (tertiary/aromatic N) is 6. The van der Waals surface area contributed by atoms with E-state index in [0.717, 1.165) is 38.7 Å². The average Bonchev–Trinajstić information content (AvgIpc) is 3.43. The van der Waals surface area contributed by atoms with E-state index < -0.39 is 0 Å². The first-order valence-corrected chi connectivity index (χ1v) is 9.07. The number of rotatable bonds is 4. The molecule has 0 bridgehead atoms. The maximum absolute atomic E-state index is 12.0. The number of aromatic nitrogens is 2. The molecule has 0 aromatic carbocycles. The maximum atomic E-state index is 12.0. The fourth-order valence-electron chi connectivity index (χ4n) is 3.58. The third-order valence-electron chi connectivity index (χ3n) is 5.18. The van der Waals surface area contributed by atoms with Crippen LogP contribution in [0.5, 0.6) is 0 Å². The molecule has 25 heavy (non-hydrogen) atoms. The fourth-order valence-corrected chi connectivity index (χ4v) is 3.58. The first-order chi connectivity index (χ1) is 12.2. The lowest BCUT2D eigenvalue weighted by Gasteiger charge is -2.35. The quantitative estimate of drug-likeness (QED) is 0.608. The molecule has 1 aromatic heterocycles. The van der Waals surface area contributed by atoms with E-state index in [9.17, 15) is 4.79 Å². The Kier molecular flexibility index (Phi) is 4.42. The summed E-state index contributed by atoms with van der Waals surface area (Å²) in [5, 5.41) is 0. The van der Waals surface area contributed by atoms with Gasteiger partial charge in [0.05, 0.1) is 0 Å². The van der Waals surface area contributed by atoms with Crippen LogP contribution in [-0.4, -0.2) is 76.9 Å². The third-order valence-corrected chi connectivity index (χ3v) is 5.18. The van der Waals surface area contributed by atoms with Crippen molar-refractivity contribution in [3.8, 4) is 0 Å². The first kappa shape index (κ1) is 16.1. The van der Waals surface area contributed by atoms with Crippen molar-refractivity contribution in [2.45, 2.75) is 25.3 Å². The number of guanidine groups is 1. The number of carbonyl (C=O) groups excluding carboxylic acids is 1. The van der Waals surface area contributed by atoms with Gasteiger partial charge in [0.15, 0.2) is 5.96 Å². The van der Waals surface area contributed by atoms with Crippen LogP contribution >= 0.6 is 0 Å². The Hall–Kier alpha value is -2.38. The summed E-state index contributed by atoms with van der Waals surface area (Å²) in [6.07, 6.45) is 6.47. The predicted molar refractivity (Wildman–Crippen MR) is 95.1 cm³/mol. The van der Waals surface area contributed by atoms with Crippen LogP contribution in [0.15, 0.2) is 23.5 Å². The molecule has 1 aliphatic carbocycles. The van der Waals surface area contributed by atoms with Gasteiger partial charge in [0, 0.05) is 70.0 Å². The van der Waals surface area contributed by atoms with Crippen molar-refractivity contribution >= 4 is 17.8 Å². The molecule has 2 aliphatic heterocycles. The molecule has 3 aliphatic rings. The van der Waals surface area contributed by atoms with Gasteiger partial charge in [-0.1, -0.05) is 0 Å². The van der Waals surface area contributed by atoms with Crippen LogP contribution in [0.1, 0.15) is 19.3 Å². The van der Waals surface area contributed by atoms with E-state index in [-0.39, 0.29) is 5.91 Å². The Balaban J connectivity index is 1.26. The molecule has 1 aromatic rings. The van der Waals surface area contributed by atoms with Gasteiger partial charge in [-0.25, -0.2) is 9.97 Å². The van der Waals surface area contributed by atoms with Crippen molar-refractivity contribution < 1.29 is 4.79 Å². The number of piperazine rings is 1. The highest BCUT2D eigenvalue weighted by Gasteiger charge is 2.39. The smallest absolute Gasteiger partial charge is 0.225 e. The van der Waals surface area contributed by atoms with E-state index in [4.69, 9.17) is 5.73 Å². The summed E-state index contributed by atoms with van der Waals surface area (Å²) in [4.78, 5) is 31.5. The molecule has 1 unspecified atom stereocenters. The molecule has 0 spiro atoms. The zero-order valence-corrected chi connectivity index (χ0v) is 14.4. The Morgan fingerprint density at radius 1 is 1.20 bits per heavy atom. The fraction of sp³-hybridized carbons (Fsp3) is 0.647. The normalized spacial score (nSPS) is 25.0. The highest BCUT2D eigenvalue weighted by atomic mass is 16.2. The van der Waals surface area contributed by atoms with Crippen LogP contribution in [0.4, 0.5) is 5.95 Å². The number of hydrogen-bond acceptors (Lipinski definition) is 5. The second kappa shape index (κ2) is 6.85. The minimum Gasteiger partial charge on any atom is -0.370 e. The third kappa shape index (κ3) is 3.67. The van der Waals surface area contributed by atoms with E-state index in [1.54, 1.807) is 12.4 Å². The molecule has 3 fully saturated rings. The summed E-state index contributed by atoms with van der Waals surface area (Å²) in [6.45, 7) is 4.77. The second-order valence-corrected chi connectivity index (χ2v) is 7.07. The molecule has 2 saturated heterocycles. The Morgan fingerprint density at radius 2 is 1.92 bits per heavy atom. The molecule has 1 atom stereocenters.